The number of benzene rings is 2. The van der Waals surface area contributed by atoms with E-state index in [0.29, 0.717) is 6.07 Å². The number of alkyl halides is 3. The Morgan fingerprint density at radius 1 is 0.952 bits per heavy atom. The highest BCUT2D eigenvalue weighted by Gasteiger charge is 2.32. The van der Waals surface area contributed by atoms with Crippen LogP contribution in [0.5, 0.6) is 0 Å². The van der Waals surface area contributed by atoms with E-state index in [-0.39, 0.29) is 16.1 Å². The molecule has 0 fully saturated rings. The Morgan fingerprint density at radius 3 is 2.10 bits per heavy atom. The lowest BCUT2D eigenvalue weighted by Gasteiger charge is -2.13. The van der Waals surface area contributed by atoms with E-state index >= 15 is 0 Å². The molecule has 0 radical (unpaired) electrons. The number of hydrogen-bond acceptors (Lipinski definition) is 2. The molecule has 0 atom stereocenters. The normalized spacial score (nSPS) is 12.4. The molecule has 2 nitrogen and oxygen atoms in total. The topological polar surface area (TPSA) is 34.1 Å². The molecule has 0 heterocycles. The summed E-state index contributed by atoms with van der Waals surface area (Å²) in [6.45, 7) is 0. The Balaban J connectivity index is 2.80. The predicted molar refractivity (Wildman–Crippen MR) is 74.9 cm³/mol. The molecule has 2 aromatic rings. The van der Waals surface area contributed by atoms with E-state index in [9.17, 15) is 21.6 Å². The van der Waals surface area contributed by atoms with E-state index in [1.54, 1.807) is 6.07 Å². The van der Waals surface area contributed by atoms with Crippen LogP contribution in [0.3, 0.4) is 0 Å². The molecule has 0 aliphatic carbocycles. The minimum atomic E-state index is -4.61. The van der Waals surface area contributed by atoms with Gasteiger partial charge in [0, 0.05) is 26.8 Å². The molecule has 0 amide bonds. The average molecular weight is 355 g/mol. The molecule has 2 rings (SSSR count). The van der Waals surface area contributed by atoms with Gasteiger partial charge < -0.3 is 0 Å². The SMILES string of the molecule is O=S(=O)(Cl)c1ccc(C(F)(F)F)cc1-c1ccccc1Cl. The minimum absolute atomic E-state index is 0.124. The Kier molecular flexibility index (Phi) is 4.24. The fourth-order valence-electron chi connectivity index (χ4n) is 1.81. The van der Waals surface area contributed by atoms with Crippen LogP contribution in [0.4, 0.5) is 13.2 Å². The van der Waals surface area contributed by atoms with Gasteiger partial charge in [-0.05, 0) is 24.3 Å². The summed E-state index contributed by atoms with van der Waals surface area (Å²) in [4.78, 5) is -0.426. The maximum absolute atomic E-state index is 12.8. The molecule has 8 heteroatoms. The van der Waals surface area contributed by atoms with Gasteiger partial charge in [0.1, 0.15) is 0 Å². The van der Waals surface area contributed by atoms with Gasteiger partial charge in [0.05, 0.1) is 10.5 Å². The summed E-state index contributed by atoms with van der Waals surface area (Å²) in [7, 11) is 1.07. The van der Waals surface area contributed by atoms with Crippen molar-refractivity contribution < 1.29 is 21.6 Å². The smallest absolute Gasteiger partial charge is 0.207 e. The Labute approximate surface area is 128 Å². The van der Waals surface area contributed by atoms with Gasteiger partial charge in [-0.3, -0.25) is 0 Å². The van der Waals surface area contributed by atoms with Crippen LogP contribution in [-0.4, -0.2) is 8.42 Å². The molecule has 0 spiro atoms. The van der Waals surface area contributed by atoms with Gasteiger partial charge in [-0.15, -0.1) is 0 Å². The van der Waals surface area contributed by atoms with Crippen LogP contribution in [0, 0.1) is 0 Å². The van der Waals surface area contributed by atoms with E-state index in [0.717, 1.165) is 12.1 Å². The standard InChI is InChI=1S/C13H7Cl2F3O2S/c14-11-4-2-1-3-9(11)10-7-8(13(16,17)18)5-6-12(10)21(15,19)20/h1-7H. The lowest BCUT2D eigenvalue weighted by atomic mass is 10.0. The van der Waals surface area contributed by atoms with Crippen molar-refractivity contribution in [2.45, 2.75) is 11.1 Å². The van der Waals surface area contributed by atoms with Crippen LogP contribution in [0.25, 0.3) is 11.1 Å². The summed E-state index contributed by atoms with van der Waals surface area (Å²) in [6.07, 6.45) is -4.61. The van der Waals surface area contributed by atoms with Crippen LogP contribution in [0.1, 0.15) is 5.56 Å². The quantitative estimate of drug-likeness (QED) is 0.714. The molecule has 2 aromatic carbocycles. The summed E-state index contributed by atoms with van der Waals surface area (Å²) in [5.41, 5.74) is -1.02. The third-order valence-corrected chi connectivity index (χ3v) is 4.44. The van der Waals surface area contributed by atoms with Crippen molar-refractivity contribution in [1.29, 1.82) is 0 Å². The van der Waals surface area contributed by atoms with Gasteiger partial charge in [0.15, 0.2) is 0 Å². The largest absolute Gasteiger partial charge is 0.416 e. The fourth-order valence-corrected chi connectivity index (χ4v) is 3.11. The molecular formula is C13H7Cl2F3O2S. The average Bonchev–Trinajstić information content (AvgIpc) is 2.36. The van der Waals surface area contributed by atoms with Crippen LogP contribution >= 0.6 is 22.3 Å². The lowest BCUT2D eigenvalue weighted by molar-refractivity contribution is -0.137. The molecule has 0 aliphatic rings. The van der Waals surface area contributed by atoms with Gasteiger partial charge in [-0.1, -0.05) is 29.8 Å². The van der Waals surface area contributed by atoms with E-state index in [2.05, 4.69) is 0 Å². The molecule has 0 aliphatic heterocycles. The molecular weight excluding hydrogens is 348 g/mol. The first kappa shape index (κ1) is 16.1. The van der Waals surface area contributed by atoms with Crippen molar-refractivity contribution in [2.24, 2.45) is 0 Å². The number of hydrogen-bond donors (Lipinski definition) is 0. The highest BCUT2D eigenvalue weighted by molar-refractivity contribution is 8.13. The molecule has 0 saturated heterocycles. The van der Waals surface area contributed by atoms with E-state index in [1.807, 2.05) is 0 Å². The minimum Gasteiger partial charge on any atom is -0.207 e. The molecule has 0 saturated carbocycles. The maximum atomic E-state index is 12.8. The molecule has 0 aromatic heterocycles. The molecule has 0 bridgehead atoms. The number of rotatable bonds is 2. The van der Waals surface area contributed by atoms with Gasteiger partial charge in [-0.25, -0.2) is 8.42 Å². The number of halogens is 5. The summed E-state index contributed by atoms with van der Waals surface area (Å²) < 4.78 is 61.5. The first-order chi connectivity index (χ1) is 9.60. The van der Waals surface area contributed by atoms with E-state index < -0.39 is 25.7 Å². The molecule has 21 heavy (non-hydrogen) atoms. The van der Waals surface area contributed by atoms with Gasteiger partial charge in [0.25, 0.3) is 9.05 Å². The van der Waals surface area contributed by atoms with Gasteiger partial charge in [0.2, 0.25) is 0 Å². The monoisotopic (exact) mass is 354 g/mol. The summed E-state index contributed by atoms with van der Waals surface area (Å²) in [5.74, 6) is 0. The highest BCUT2D eigenvalue weighted by atomic mass is 35.7. The van der Waals surface area contributed by atoms with Crippen LogP contribution in [0.15, 0.2) is 47.4 Å². The summed E-state index contributed by atoms with van der Waals surface area (Å²) >= 11 is 5.93. The van der Waals surface area contributed by atoms with Crippen molar-refractivity contribution in [3.05, 3.63) is 53.1 Å². The lowest BCUT2D eigenvalue weighted by Crippen LogP contribution is -2.06. The van der Waals surface area contributed by atoms with Crippen LogP contribution < -0.4 is 0 Å². The van der Waals surface area contributed by atoms with Crippen molar-refractivity contribution in [2.75, 3.05) is 0 Å². The van der Waals surface area contributed by atoms with Crippen molar-refractivity contribution in [1.82, 2.24) is 0 Å². The third kappa shape index (κ3) is 3.51. The van der Waals surface area contributed by atoms with Crippen LogP contribution in [0.2, 0.25) is 5.02 Å². The fraction of sp³-hybridized carbons (Fsp3) is 0.0769. The zero-order valence-electron chi connectivity index (χ0n) is 10.2. The Bertz CT molecular complexity index is 786. The second-order valence-corrected chi connectivity index (χ2v) is 7.07. The van der Waals surface area contributed by atoms with Crippen molar-refractivity contribution >= 4 is 31.3 Å². The zero-order chi connectivity index (χ0) is 15.8. The second-order valence-electron chi connectivity index (χ2n) is 4.13. The Morgan fingerprint density at radius 2 is 1.57 bits per heavy atom. The first-order valence-corrected chi connectivity index (χ1v) is 8.20. The van der Waals surface area contributed by atoms with Gasteiger partial charge in [-0.2, -0.15) is 13.2 Å². The summed E-state index contributed by atoms with van der Waals surface area (Å²) in [6, 6.07) is 8.18. The van der Waals surface area contributed by atoms with Crippen molar-refractivity contribution in [3.8, 4) is 11.1 Å². The zero-order valence-corrected chi connectivity index (χ0v) is 12.5. The second kappa shape index (κ2) is 5.51. The van der Waals surface area contributed by atoms with Crippen LogP contribution in [-0.2, 0) is 15.2 Å². The van der Waals surface area contributed by atoms with Gasteiger partial charge >= 0.3 is 6.18 Å². The molecule has 112 valence electrons. The predicted octanol–water partition coefficient (Wildman–Crippen LogP) is 4.95. The third-order valence-electron chi connectivity index (χ3n) is 2.73. The first-order valence-electron chi connectivity index (χ1n) is 5.51. The summed E-state index contributed by atoms with van der Waals surface area (Å²) in [5, 5.41) is 0.124. The van der Waals surface area contributed by atoms with E-state index in [1.165, 1.54) is 18.2 Å². The Hall–Kier alpha value is -1.24. The van der Waals surface area contributed by atoms with Crippen molar-refractivity contribution in [3.63, 3.8) is 0 Å². The highest BCUT2D eigenvalue weighted by Crippen LogP contribution is 2.38. The van der Waals surface area contributed by atoms with E-state index in [4.69, 9.17) is 22.3 Å². The molecule has 0 unspecified atom stereocenters. The molecule has 0 N–H and O–H groups in total. The maximum Gasteiger partial charge on any atom is 0.416 e.